The number of halogens is 1. The fourth-order valence-corrected chi connectivity index (χ4v) is 2.23. The van der Waals surface area contributed by atoms with E-state index in [-0.39, 0.29) is 0 Å². The first-order valence-electron chi connectivity index (χ1n) is 8.66. The molecule has 0 unspecified atom stereocenters. The Bertz CT molecular complexity index is 890. The van der Waals surface area contributed by atoms with Crippen LogP contribution in [0.2, 0.25) is 5.02 Å². The predicted octanol–water partition coefficient (Wildman–Crippen LogP) is 4.22. The summed E-state index contributed by atoms with van der Waals surface area (Å²) in [6.07, 6.45) is 2.22. The van der Waals surface area contributed by atoms with Crippen LogP contribution in [0.25, 0.3) is 0 Å². The number of nitriles is 1. The standard InChI is InChI=1S/C17H17ClN2O.C4H4O4/c1-2-8-20-12-13-4-3-5-16(9-13)21-17-10-15(18)7-6-14(17)11-19;5-3(6)1-2-4(7)8/h3-7,9-10,20H,2,8,12H2,1H3;1-2H,(H,5,6)(H,7,8)/b;2-1+. The number of benzene rings is 2. The van der Waals surface area contributed by atoms with Crippen LogP contribution in [0, 0.1) is 11.3 Å². The van der Waals surface area contributed by atoms with Crippen molar-refractivity contribution >= 4 is 23.5 Å². The highest BCUT2D eigenvalue weighted by molar-refractivity contribution is 6.30. The molecule has 0 fully saturated rings. The van der Waals surface area contributed by atoms with E-state index in [1.54, 1.807) is 18.2 Å². The molecule has 2 aromatic rings. The van der Waals surface area contributed by atoms with Gasteiger partial charge in [-0.3, -0.25) is 0 Å². The van der Waals surface area contributed by atoms with Crippen LogP contribution in [0.1, 0.15) is 24.5 Å². The van der Waals surface area contributed by atoms with Crippen molar-refractivity contribution in [2.75, 3.05) is 6.54 Å². The second kappa shape index (κ2) is 12.9. The highest BCUT2D eigenvalue weighted by atomic mass is 35.5. The molecule has 0 saturated heterocycles. The van der Waals surface area contributed by atoms with E-state index in [1.165, 1.54) is 0 Å². The fourth-order valence-electron chi connectivity index (χ4n) is 2.07. The van der Waals surface area contributed by atoms with Crippen molar-refractivity contribution < 1.29 is 24.5 Å². The van der Waals surface area contributed by atoms with Gasteiger partial charge < -0.3 is 20.3 Å². The summed E-state index contributed by atoms with van der Waals surface area (Å²) >= 11 is 5.96. The van der Waals surface area contributed by atoms with Crippen LogP contribution in [0.5, 0.6) is 11.5 Å². The van der Waals surface area contributed by atoms with Gasteiger partial charge >= 0.3 is 11.9 Å². The summed E-state index contributed by atoms with van der Waals surface area (Å²) in [7, 11) is 0. The molecule has 0 heterocycles. The highest BCUT2D eigenvalue weighted by Crippen LogP contribution is 2.28. The van der Waals surface area contributed by atoms with E-state index in [0.717, 1.165) is 25.1 Å². The SMILES string of the molecule is CCCNCc1cccc(Oc2cc(Cl)ccc2C#N)c1.O=C(O)/C=C/C(=O)O. The Balaban J connectivity index is 0.000000447. The summed E-state index contributed by atoms with van der Waals surface area (Å²) in [6.45, 7) is 3.92. The number of nitrogens with one attached hydrogen (secondary N) is 1. The summed E-state index contributed by atoms with van der Waals surface area (Å²) in [4.78, 5) is 19.1. The van der Waals surface area contributed by atoms with Crippen molar-refractivity contribution in [1.82, 2.24) is 5.32 Å². The van der Waals surface area contributed by atoms with Crippen LogP contribution in [-0.4, -0.2) is 28.7 Å². The first-order valence-corrected chi connectivity index (χ1v) is 9.04. The molecule has 0 radical (unpaired) electrons. The van der Waals surface area contributed by atoms with Crippen molar-refractivity contribution in [1.29, 1.82) is 5.26 Å². The Labute approximate surface area is 173 Å². The first-order chi connectivity index (χ1) is 13.8. The smallest absolute Gasteiger partial charge is 0.328 e. The maximum Gasteiger partial charge on any atom is 0.328 e. The summed E-state index contributed by atoms with van der Waals surface area (Å²) in [6, 6.07) is 14.9. The van der Waals surface area contributed by atoms with Crippen molar-refractivity contribution in [2.45, 2.75) is 19.9 Å². The lowest BCUT2D eigenvalue weighted by atomic mass is 10.2. The molecule has 0 aliphatic rings. The lowest BCUT2D eigenvalue weighted by Gasteiger charge is -2.10. The van der Waals surface area contributed by atoms with E-state index in [4.69, 9.17) is 31.8 Å². The molecule has 0 aliphatic carbocycles. The topological polar surface area (TPSA) is 120 Å². The third-order valence-electron chi connectivity index (χ3n) is 3.31. The van der Waals surface area contributed by atoms with Crippen LogP contribution in [-0.2, 0) is 16.1 Å². The molecule has 0 spiro atoms. The second-order valence-electron chi connectivity index (χ2n) is 5.69. The number of aliphatic carboxylic acids is 2. The van der Waals surface area contributed by atoms with Crippen LogP contribution >= 0.6 is 11.6 Å². The van der Waals surface area contributed by atoms with E-state index in [0.29, 0.717) is 34.2 Å². The zero-order chi connectivity index (χ0) is 21.6. The third kappa shape index (κ3) is 9.96. The van der Waals surface area contributed by atoms with Gasteiger partial charge in [-0.05, 0) is 42.8 Å². The largest absolute Gasteiger partial charge is 0.478 e. The summed E-state index contributed by atoms with van der Waals surface area (Å²) in [5, 5.41) is 28.6. The van der Waals surface area contributed by atoms with Crippen LogP contribution in [0.3, 0.4) is 0 Å². The molecule has 0 atom stereocenters. The number of nitrogens with zero attached hydrogens (tertiary/aromatic N) is 1. The predicted molar refractivity (Wildman–Crippen MR) is 109 cm³/mol. The highest BCUT2D eigenvalue weighted by Gasteiger charge is 2.06. The number of carboxylic acid groups (broad SMARTS) is 2. The number of carbonyl (C=O) groups is 2. The molecular formula is C21H21ClN2O5. The van der Waals surface area contributed by atoms with Gasteiger partial charge in [0.25, 0.3) is 0 Å². The minimum absolute atomic E-state index is 0.467. The van der Waals surface area contributed by atoms with Crippen LogP contribution in [0.4, 0.5) is 0 Å². The number of rotatable bonds is 8. The molecule has 0 aliphatic heterocycles. The zero-order valence-electron chi connectivity index (χ0n) is 15.8. The summed E-state index contributed by atoms with van der Waals surface area (Å²) in [5.41, 5.74) is 1.61. The molecule has 0 bridgehead atoms. The molecular weight excluding hydrogens is 396 g/mol. The zero-order valence-corrected chi connectivity index (χ0v) is 16.5. The molecule has 152 valence electrons. The van der Waals surface area contributed by atoms with Gasteiger partial charge in [-0.25, -0.2) is 9.59 Å². The molecule has 2 rings (SSSR count). The van der Waals surface area contributed by atoms with E-state index >= 15 is 0 Å². The third-order valence-corrected chi connectivity index (χ3v) is 3.55. The van der Waals surface area contributed by atoms with Gasteiger partial charge in [0.15, 0.2) is 0 Å². The van der Waals surface area contributed by atoms with Crippen molar-refractivity contribution in [3.63, 3.8) is 0 Å². The van der Waals surface area contributed by atoms with Gasteiger partial charge in [-0.1, -0.05) is 30.7 Å². The molecule has 8 heteroatoms. The van der Waals surface area contributed by atoms with E-state index in [1.807, 2.05) is 24.3 Å². The number of carboxylic acids is 2. The van der Waals surface area contributed by atoms with Gasteiger partial charge in [-0.15, -0.1) is 0 Å². The summed E-state index contributed by atoms with van der Waals surface area (Å²) < 4.78 is 5.79. The van der Waals surface area contributed by atoms with Crippen LogP contribution < -0.4 is 10.1 Å². The molecule has 0 saturated carbocycles. The Kier molecular flexibility index (Phi) is 10.6. The Hall–Kier alpha value is -3.34. The van der Waals surface area contributed by atoms with E-state index in [9.17, 15) is 9.59 Å². The molecule has 7 nitrogen and oxygen atoms in total. The van der Waals surface area contributed by atoms with Gasteiger partial charge in [-0.2, -0.15) is 5.26 Å². The molecule has 3 N–H and O–H groups in total. The maximum atomic E-state index is 9.55. The van der Waals surface area contributed by atoms with Crippen molar-refractivity contribution in [2.24, 2.45) is 0 Å². The van der Waals surface area contributed by atoms with Crippen LogP contribution in [0.15, 0.2) is 54.6 Å². The fraction of sp³-hybridized carbons (Fsp3) is 0.190. The number of ether oxygens (including phenoxy) is 1. The minimum Gasteiger partial charge on any atom is -0.478 e. The number of hydrogen-bond acceptors (Lipinski definition) is 5. The lowest BCUT2D eigenvalue weighted by Crippen LogP contribution is -2.13. The normalized spacial score (nSPS) is 9.97. The maximum absolute atomic E-state index is 9.55. The van der Waals surface area contributed by atoms with Crippen molar-refractivity contribution in [3.8, 4) is 17.6 Å². The summed E-state index contributed by atoms with van der Waals surface area (Å²) in [5.74, 6) is -1.34. The van der Waals surface area contributed by atoms with Gasteiger partial charge in [0.2, 0.25) is 0 Å². The average molecular weight is 417 g/mol. The Morgan fingerprint density at radius 3 is 2.45 bits per heavy atom. The second-order valence-corrected chi connectivity index (χ2v) is 6.12. The molecule has 29 heavy (non-hydrogen) atoms. The van der Waals surface area contributed by atoms with Crippen molar-refractivity contribution in [3.05, 3.63) is 70.8 Å². The lowest BCUT2D eigenvalue weighted by molar-refractivity contribution is -0.134. The average Bonchev–Trinajstić information content (AvgIpc) is 2.68. The van der Waals surface area contributed by atoms with E-state index in [2.05, 4.69) is 18.3 Å². The monoisotopic (exact) mass is 416 g/mol. The van der Waals surface area contributed by atoms with Gasteiger partial charge in [0.1, 0.15) is 17.6 Å². The molecule has 2 aromatic carbocycles. The van der Waals surface area contributed by atoms with Gasteiger partial charge in [0, 0.05) is 29.8 Å². The Morgan fingerprint density at radius 1 is 1.17 bits per heavy atom. The minimum atomic E-state index is -1.26. The molecule has 0 amide bonds. The molecule has 0 aromatic heterocycles. The first kappa shape index (κ1) is 23.7. The quantitative estimate of drug-likeness (QED) is 0.435. The van der Waals surface area contributed by atoms with Gasteiger partial charge in [0.05, 0.1) is 5.56 Å². The van der Waals surface area contributed by atoms with E-state index < -0.39 is 11.9 Å². The Morgan fingerprint density at radius 2 is 1.86 bits per heavy atom. The number of hydrogen-bond donors (Lipinski definition) is 3.